The maximum atomic E-state index is 12.6. The fourth-order valence-electron chi connectivity index (χ4n) is 4.50. The highest BCUT2D eigenvalue weighted by Gasteiger charge is 2.28. The van der Waals surface area contributed by atoms with Crippen LogP contribution < -0.4 is 0 Å². The number of urea groups is 1. The molecule has 33 heavy (non-hydrogen) atoms. The molecule has 2 amide bonds. The summed E-state index contributed by atoms with van der Waals surface area (Å²) in [5.74, 6) is -0.0220. The Morgan fingerprint density at radius 2 is 1.73 bits per heavy atom. The first-order valence-electron chi connectivity index (χ1n) is 11.6. The van der Waals surface area contributed by atoms with Crippen molar-refractivity contribution in [1.29, 1.82) is 0 Å². The Hall–Kier alpha value is -2.42. The number of aliphatic hydroxyl groups is 1. The van der Waals surface area contributed by atoms with Gasteiger partial charge < -0.3 is 19.6 Å². The van der Waals surface area contributed by atoms with E-state index in [2.05, 4.69) is 9.89 Å². The summed E-state index contributed by atoms with van der Waals surface area (Å²) in [4.78, 5) is 35.6. The van der Waals surface area contributed by atoms with Gasteiger partial charge >= 0.3 is 6.03 Å². The van der Waals surface area contributed by atoms with Gasteiger partial charge in [-0.25, -0.2) is 4.79 Å². The zero-order chi connectivity index (χ0) is 23.2. The number of ketones is 1. The number of amides is 2. The van der Waals surface area contributed by atoms with Crippen LogP contribution in [0.4, 0.5) is 4.79 Å². The van der Waals surface area contributed by atoms with E-state index in [0.29, 0.717) is 69.4 Å². The lowest BCUT2D eigenvalue weighted by Gasteiger charge is -2.38. The van der Waals surface area contributed by atoms with Crippen LogP contribution >= 0.6 is 11.6 Å². The van der Waals surface area contributed by atoms with Gasteiger partial charge in [-0.1, -0.05) is 23.7 Å². The number of carbonyl (C=O) groups is 2. The first kappa shape index (κ1) is 23.7. The number of carbonyl (C=O) groups excluding carboxylic acids is 2. The summed E-state index contributed by atoms with van der Waals surface area (Å²) in [5, 5.41) is 11.1. The van der Waals surface area contributed by atoms with E-state index >= 15 is 0 Å². The first-order valence-corrected chi connectivity index (χ1v) is 11.9. The highest BCUT2D eigenvalue weighted by Crippen LogP contribution is 2.33. The Bertz CT molecular complexity index is 904. The van der Waals surface area contributed by atoms with Gasteiger partial charge in [0.2, 0.25) is 0 Å². The fourth-order valence-corrected chi connectivity index (χ4v) is 4.63. The number of ether oxygens (including phenoxy) is 1. The van der Waals surface area contributed by atoms with E-state index in [1.807, 2.05) is 21.9 Å². The quantitative estimate of drug-likeness (QED) is 0.663. The Balaban J connectivity index is 1.22. The normalized spacial score (nSPS) is 22.9. The van der Waals surface area contributed by atoms with Gasteiger partial charge in [-0.2, -0.15) is 0 Å². The molecule has 178 valence electrons. The summed E-state index contributed by atoms with van der Waals surface area (Å²) in [6.45, 7) is 6.87. The number of hydrogen-bond acceptors (Lipinski definition) is 6. The van der Waals surface area contributed by atoms with Crippen LogP contribution in [-0.2, 0) is 9.53 Å². The highest BCUT2D eigenvalue weighted by molar-refractivity contribution is 6.30. The lowest BCUT2D eigenvalue weighted by Crippen LogP contribution is -2.55. The third-order valence-corrected chi connectivity index (χ3v) is 6.77. The average molecular weight is 475 g/mol. The van der Waals surface area contributed by atoms with Crippen molar-refractivity contribution in [3.63, 3.8) is 0 Å². The topological polar surface area (TPSA) is 85.7 Å². The molecule has 2 aliphatic heterocycles. The van der Waals surface area contributed by atoms with E-state index in [1.54, 1.807) is 12.1 Å². The summed E-state index contributed by atoms with van der Waals surface area (Å²) in [6, 6.07) is 7.52. The molecule has 4 rings (SSSR count). The molecule has 2 saturated heterocycles. The van der Waals surface area contributed by atoms with Crippen LogP contribution in [0.2, 0.25) is 5.02 Å². The molecular formula is C24H31ClN4O4. The van der Waals surface area contributed by atoms with Crippen LogP contribution in [-0.4, -0.2) is 103 Å². The van der Waals surface area contributed by atoms with Crippen LogP contribution in [0.1, 0.15) is 24.3 Å². The van der Waals surface area contributed by atoms with Gasteiger partial charge in [-0.3, -0.25) is 14.7 Å². The Morgan fingerprint density at radius 3 is 2.39 bits per heavy atom. The predicted molar refractivity (Wildman–Crippen MR) is 127 cm³/mol. The number of Topliss-reactive ketones (excluding diaryl/α,β-unsaturated/α-hetero) is 1. The minimum Gasteiger partial charge on any atom is -0.511 e. The smallest absolute Gasteiger partial charge is 0.320 e. The summed E-state index contributed by atoms with van der Waals surface area (Å²) in [6.07, 6.45) is 2.30. The molecule has 3 aliphatic rings. The number of benzene rings is 1. The van der Waals surface area contributed by atoms with E-state index in [1.165, 1.54) is 6.21 Å². The second-order valence-corrected chi connectivity index (χ2v) is 9.12. The van der Waals surface area contributed by atoms with Gasteiger partial charge in [-0.05, 0) is 23.6 Å². The number of halogens is 1. The summed E-state index contributed by atoms with van der Waals surface area (Å²) < 4.78 is 5.32. The van der Waals surface area contributed by atoms with Crippen LogP contribution in [0.25, 0.3) is 0 Å². The van der Waals surface area contributed by atoms with Crippen molar-refractivity contribution in [2.75, 3.05) is 65.6 Å². The Labute approximate surface area is 199 Å². The summed E-state index contributed by atoms with van der Waals surface area (Å²) in [7, 11) is 0. The highest BCUT2D eigenvalue weighted by atomic mass is 35.5. The van der Waals surface area contributed by atoms with Crippen LogP contribution in [0.5, 0.6) is 0 Å². The van der Waals surface area contributed by atoms with E-state index in [9.17, 15) is 14.7 Å². The number of hydrogen-bond donors (Lipinski definition) is 1. The molecule has 1 atom stereocenters. The van der Waals surface area contributed by atoms with E-state index in [4.69, 9.17) is 16.3 Å². The van der Waals surface area contributed by atoms with Crippen LogP contribution in [0.15, 0.2) is 40.6 Å². The largest absolute Gasteiger partial charge is 0.511 e. The monoisotopic (exact) mass is 474 g/mol. The van der Waals surface area contributed by atoms with Crippen molar-refractivity contribution in [2.45, 2.75) is 18.8 Å². The van der Waals surface area contributed by atoms with E-state index in [-0.39, 0.29) is 23.5 Å². The maximum Gasteiger partial charge on any atom is 0.320 e. The lowest BCUT2D eigenvalue weighted by molar-refractivity contribution is -0.116. The molecule has 0 bridgehead atoms. The van der Waals surface area contributed by atoms with Crippen molar-refractivity contribution in [3.05, 3.63) is 46.2 Å². The molecule has 0 aromatic heterocycles. The molecule has 1 unspecified atom stereocenters. The molecular weight excluding hydrogens is 444 g/mol. The number of rotatable bonds is 5. The Morgan fingerprint density at radius 1 is 1.06 bits per heavy atom. The molecule has 2 fully saturated rings. The number of allylic oxidation sites excluding steroid dienone is 2. The van der Waals surface area contributed by atoms with E-state index in [0.717, 1.165) is 25.2 Å². The lowest BCUT2D eigenvalue weighted by atomic mass is 9.83. The second kappa shape index (κ2) is 11.1. The molecule has 2 heterocycles. The van der Waals surface area contributed by atoms with Crippen molar-refractivity contribution < 1.29 is 19.4 Å². The van der Waals surface area contributed by atoms with Crippen LogP contribution in [0.3, 0.4) is 0 Å². The number of piperazine rings is 1. The minimum atomic E-state index is -0.0855. The summed E-state index contributed by atoms with van der Waals surface area (Å²) >= 11 is 5.94. The minimum absolute atomic E-state index is 0.0385. The maximum absolute atomic E-state index is 12.6. The van der Waals surface area contributed by atoms with Gasteiger partial charge in [0, 0.05) is 69.9 Å². The first-order chi connectivity index (χ1) is 16.0. The SMILES string of the molecule is O=C1CC(c2ccc(Cl)cc2)CC(O)=C1C=NCCN1CCN(C(=O)N2CCOCC2)CC1. The molecule has 0 saturated carbocycles. The number of aliphatic hydroxyl groups excluding tert-OH is 1. The molecule has 0 spiro atoms. The Kier molecular flexibility index (Phi) is 8.01. The van der Waals surface area contributed by atoms with Gasteiger partial charge in [0.05, 0.1) is 25.3 Å². The average Bonchev–Trinajstić information content (AvgIpc) is 2.84. The van der Waals surface area contributed by atoms with Crippen molar-refractivity contribution >= 4 is 29.6 Å². The second-order valence-electron chi connectivity index (χ2n) is 8.69. The van der Waals surface area contributed by atoms with Gasteiger partial charge in [0.1, 0.15) is 5.76 Å². The molecule has 1 N–H and O–H groups in total. The molecule has 1 aliphatic carbocycles. The van der Waals surface area contributed by atoms with Crippen LogP contribution in [0, 0.1) is 0 Å². The summed E-state index contributed by atoms with van der Waals surface area (Å²) in [5.41, 5.74) is 1.32. The molecule has 1 aromatic rings. The fraction of sp³-hybridized carbons (Fsp3) is 0.542. The number of aliphatic imine (C=N–C) groups is 1. The molecule has 1 aromatic carbocycles. The predicted octanol–water partition coefficient (Wildman–Crippen LogP) is 2.74. The zero-order valence-corrected chi connectivity index (χ0v) is 19.5. The standard InChI is InChI=1S/C24H31ClN4O4/c25-20-3-1-18(2-4-20)19-15-22(30)21(23(31)16-19)17-26-5-6-27-7-9-28(10-8-27)24(32)29-11-13-33-14-12-29/h1-4,17,19,30H,5-16H2. The zero-order valence-electron chi connectivity index (χ0n) is 18.8. The number of nitrogens with zero attached hydrogens (tertiary/aromatic N) is 4. The molecule has 9 heteroatoms. The number of morpholine rings is 1. The van der Waals surface area contributed by atoms with E-state index < -0.39 is 0 Å². The van der Waals surface area contributed by atoms with Gasteiger partial charge in [0.25, 0.3) is 0 Å². The van der Waals surface area contributed by atoms with Crippen molar-refractivity contribution in [1.82, 2.24) is 14.7 Å². The molecule has 8 nitrogen and oxygen atoms in total. The van der Waals surface area contributed by atoms with Gasteiger partial charge in [0.15, 0.2) is 5.78 Å². The molecule has 0 radical (unpaired) electrons. The van der Waals surface area contributed by atoms with Crippen molar-refractivity contribution in [3.8, 4) is 0 Å². The third-order valence-electron chi connectivity index (χ3n) is 6.51. The third kappa shape index (κ3) is 6.13. The van der Waals surface area contributed by atoms with Crippen molar-refractivity contribution in [2.24, 2.45) is 4.99 Å². The van der Waals surface area contributed by atoms with Gasteiger partial charge in [-0.15, -0.1) is 0 Å².